The number of benzene rings is 1. The lowest BCUT2D eigenvalue weighted by molar-refractivity contribution is -0.605. The molecule has 0 fully saturated rings. The minimum absolute atomic E-state index is 0.121. The molecule has 0 saturated heterocycles. The molecular formula is C29H12BF41N2O9. The van der Waals surface area contributed by atoms with Gasteiger partial charge in [-0.1, -0.05) is 24.3 Å². The molecular weight excluding hydrogens is 1310 g/mol. The molecule has 1 aromatic rings. The Morgan fingerprint density at radius 1 is 0.402 bits per heavy atom. The van der Waals surface area contributed by atoms with Crippen molar-refractivity contribution >= 4 is 18.5 Å². The van der Waals surface area contributed by atoms with E-state index in [1.807, 2.05) is 4.74 Å². The van der Waals surface area contributed by atoms with E-state index >= 15 is 17.6 Å². The average Bonchev–Trinajstić information content (AvgIpc) is 3.21. The highest BCUT2D eigenvalue weighted by molar-refractivity contribution is 6.60. The number of hydrogen-bond donors (Lipinski definition) is 3. The van der Waals surface area contributed by atoms with Gasteiger partial charge in [0.1, 0.15) is 0 Å². The second-order valence-electron chi connectivity index (χ2n) is 14.5. The third kappa shape index (κ3) is 13.5. The molecule has 0 aliphatic heterocycles. The number of rotatable bonds is 24. The van der Waals surface area contributed by atoms with Gasteiger partial charge in [-0.15, -0.1) is 0 Å². The Morgan fingerprint density at radius 3 is 0.915 bits per heavy atom. The quantitative estimate of drug-likeness (QED) is 0.0521. The molecule has 82 heavy (non-hydrogen) atoms. The van der Waals surface area contributed by atoms with Crippen LogP contribution in [0.25, 0.3) is 0 Å². The number of carbonyl (C=O) groups is 1. The van der Waals surface area contributed by atoms with Crippen LogP contribution >= 0.6 is 0 Å². The lowest BCUT2D eigenvalue weighted by Gasteiger charge is -2.45. The predicted octanol–water partition coefficient (Wildman–Crippen LogP) is 11.4. The molecule has 1 rings (SSSR count). The number of ether oxygens (including phenoxy) is 6. The van der Waals surface area contributed by atoms with Crippen LogP contribution in [-0.2, 0) is 43.8 Å². The monoisotopic (exact) mass is 1320 g/mol. The Morgan fingerprint density at radius 2 is 0.671 bits per heavy atom. The second kappa shape index (κ2) is 21.8. The maximum atomic E-state index is 15.5. The molecule has 0 radical (unpaired) electrons. The number of amides is 1. The molecule has 11 nitrogen and oxygen atoms in total. The van der Waals surface area contributed by atoms with Crippen molar-refractivity contribution in [3.8, 4) is 0 Å². The number of hydroxylamine groups is 1. The zero-order valence-corrected chi connectivity index (χ0v) is 36.1. The first-order valence-corrected chi connectivity index (χ1v) is 18.2. The molecule has 0 aliphatic carbocycles. The zero-order valence-electron chi connectivity index (χ0n) is 36.1. The summed E-state index contributed by atoms with van der Waals surface area (Å²) >= 11 is 0. The Labute approximate surface area is 417 Å². The normalized spacial score (nSPS) is 19.5. The Balaban J connectivity index is 4.29. The van der Waals surface area contributed by atoms with E-state index in [0.717, 1.165) is 14.2 Å². The molecule has 0 saturated carbocycles. The van der Waals surface area contributed by atoms with Gasteiger partial charge in [0.25, 0.3) is 0 Å². The van der Waals surface area contributed by atoms with Gasteiger partial charge in [0.2, 0.25) is 5.91 Å². The van der Waals surface area contributed by atoms with Crippen LogP contribution < -0.4 is 16.7 Å². The van der Waals surface area contributed by atoms with E-state index in [4.69, 9.17) is 5.73 Å². The highest BCUT2D eigenvalue weighted by Crippen LogP contribution is 2.64. The van der Waals surface area contributed by atoms with Gasteiger partial charge >= 0.3 is 128 Å². The van der Waals surface area contributed by atoms with Crippen molar-refractivity contribution in [3.05, 3.63) is 29.8 Å². The third-order valence-electron chi connectivity index (χ3n) is 8.59. The first-order chi connectivity index (χ1) is 35.3. The second-order valence-corrected chi connectivity index (χ2v) is 14.5. The summed E-state index contributed by atoms with van der Waals surface area (Å²) in [5, 5.41) is 9.82. The zero-order chi connectivity index (χ0) is 66.2. The summed E-state index contributed by atoms with van der Waals surface area (Å²) in [6.07, 6.45) is -120. The van der Waals surface area contributed by atoms with Gasteiger partial charge in [0.05, 0.1) is 0 Å². The molecule has 0 aliphatic rings. The molecule has 6 atom stereocenters. The van der Waals surface area contributed by atoms with Crippen LogP contribution in [-0.4, -0.2) is 140 Å². The maximum absolute atomic E-state index is 15.5. The molecule has 6 unspecified atom stereocenters. The molecule has 0 heterocycles. The third-order valence-corrected chi connectivity index (χ3v) is 8.59. The van der Waals surface area contributed by atoms with Crippen molar-refractivity contribution in [2.45, 2.75) is 127 Å². The summed E-state index contributed by atoms with van der Waals surface area (Å²) in [5.41, 5.74) is 1.46. The van der Waals surface area contributed by atoms with E-state index in [1.54, 1.807) is 0 Å². The van der Waals surface area contributed by atoms with Crippen molar-refractivity contribution < 1.29 is 223 Å². The Hall–Kier alpha value is -4.48. The predicted molar refractivity (Wildman–Crippen MR) is 162 cm³/mol. The van der Waals surface area contributed by atoms with Crippen molar-refractivity contribution in [2.75, 3.05) is 6.54 Å². The van der Waals surface area contributed by atoms with Crippen molar-refractivity contribution in [3.63, 3.8) is 0 Å². The smallest absolute Gasteiger partial charge is 0.422 e. The molecule has 53 heteroatoms. The van der Waals surface area contributed by atoms with E-state index < -0.39 is 170 Å². The summed E-state index contributed by atoms with van der Waals surface area (Å²) < 4.78 is 582. The molecule has 0 bridgehead atoms. The molecule has 1 aromatic carbocycles. The highest BCUT2D eigenvalue weighted by Gasteiger charge is 2.92. The standard InChI is InChI=1S/C29H12BF41N2O9/c31-10(17(39,40)41,7-2-1-3-8(6-7)30(75)82-73-9(74)4-5-72)76-25(62,63)12(34,19(45,46)47)78-27(66,67)14(36,21(51,52)53)80-29(70,71)16(38,23(57,58)59)81-28(68,69)15(37,22(54,55)56)79-26(64,65)13(35,20(48,49)50)77-24(60,61)11(32,33)18(42,43)44/h1-3,6,75H,4-5,72H2,(H,73,74). The van der Waals surface area contributed by atoms with Gasteiger partial charge in [-0.3, -0.25) is 38.0 Å². The first-order valence-electron chi connectivity index (χ1n) is 18.2. The van der Waals surface area contributed by atoms with Gasteiger partial charge in [-0.25, -0.2) is 5.48 Å². The minimum atomic E-state index is -9.92. The van der Waals surface area contributed by atoms with Gasteiger partial charge in [0, 0.05) is 18.5 Å². The summed E-state index contributed by atoms with van der Waals surface area (Å²) in [6.45, 7) is -0.577. The first kappa shape index (κ1) is 75.5. The van der Waals surface area contributed by atoms with Gasteiger partial charge in [-0.05, 0) is 5.46 Å². The number of carbonyl (C=O) groups excluding carboxylic acids is 1. The fourth-order valence-corrected chi connectivity index (χ4v) is 4.57. The Bertz CT molecular complexity index is 2370. The number of nitrogens with two attached hydrogens (primary N) is 1. The summed E-state index contributed by atoms with van der Waals surface area (Å²) in [7, 11) is -3.07. The SMILES string of the molecule is NCCC(=O)NOB(O)c1cccc(C(F)(OC(F)(F)C(F)(OC(F)(F)C(F)(OC(F)(F)C(F)(OC(F)(F)C(F)(OC(F)(F)C(F)(OC(F)(F)C(F)(F)C(F)(F)F)C(F)(F)F)C(F)(F)F)C(F)(F)F)C(F)(F)F)C(F)(F)F)C(F)(F)F)c1. The van der Waals surface area contributed by atoms with Crippen molar-refractivity contribution in [1.29, 1.82) is 0 Å². The van der Waals surface area contributed by atoms with E-state index in [1.165, 1.54) is 5.48 Å². The fraction of sp³-hybridized carbons (Fsp3) is 0.759. The molecule has 4 N–H and O–H groups in total. The number of hydrogen-bond acceptors (Lipinski definition) is 10. The minimum Gasteiger partial charge on any atom is -0.422 e. The number of nitrogens with one attached hydrogen (secondary N) is 1. The summed E-state index contributed by atoms with van der Waals surface area (Å²) in [4.78, 5) is 11.4. The van der Waals surface area contributed by atoms with Crippen LogP contribution in [0, 0.1) is 0 Å². The van der Waals surface area contributed by atoms with Gasteiger partial charge in [0.15, 0.2) is 0 Å². The van der Waals surface area contributed by atoms with E-state index in [2.05, 4.69) is 4.76 Å². The topological polar surface area (TPSA) is 140 Å². The van der Waals surface area contributed by atoms with Crippen LogP contribution in [0.5, 0.6) is 0 Å². The van der Waals surface area contributed by atoms with Crippen LogP contribution in [0.15, 0.2) is 24.3 Å². The number of halogens is 41. The Kier molecular flexibility index (Phi) is 20.1. The fourth-order valence-electron chi connectivity index (χ4n) is 4.57. The van der Waals surface area contributed by atoms with Crippen molar-refractivity contribution in [2.24, 2.45) is 5.73 Å². The van der Waals surface area contributed by atoms with E-state index in [-0.39, 0.29) is 12.1 Å². The summed E-state index contributed by atoms with van der Waals surface area (Å²) in [5.74, 6) is -65.4. The maximum Gasteiger partial charge on any atom is 0.514 e. The van der Waals surface area contributed by atoms with Crippen LogP contribution in [0.4, 0.5) is 180 Å². The summed E-state index contributed by atoms with van der Waals surface area (Å²) in [6, 6.07) is -1.63. The average molecular weight is 1320 g/mol. The molecule has 0 spiro atoms. The molecule has 482 valence electrons. The lowest BCUT2D eigenvalue weighted by atomic mass is 9.78. The van der Waals surface area contributed by atoms with Crippen molar-refractivity contribution in [1.82, 2.24) is 5.48 Å². The number of alkyl halides is 41. The molecule has 0 aromatic heterocycles. The molecule has 1 amide bonds. The lowest BCUT2D eigenvalue weighted by Crippen LogP contribution is -2.73. The van der Waals surface area contributed by atoms with E-state index in [0.29, 0.717) is 9.47 Å². The largest absolute Gasteiger partial charge is 0.514 e. The van der Waals surface area contributed by atoms with E-state index in [9.17, 15) is 172 Å². The van der Waals surface area contributed by atoms with Crippen LogP contribution in [0.3, 0.4) is 0 Å². The highest BCUT2D eigenvalue weighted by atomic mass is 19.5. The van der Waals surface area contributed by atoms with Crippen LogP contribution in [0.1, 0.15) is 12.0 Å². The van der Waals surface area contributed by atoms with Gasteiger partial charge in [-0.2, -0.15) is 180 Å². The van der Waals surface area contributed by atoms with Crippen LogP contribution in [0.2, 0.25) is 0 Å². The van der Waals surface area contributed by atoms with Gasteiger partial charge < -0.3 is 10.8 Å².